The van der Waals surface area contributed by atoms with Crippen molar-refractivity contribution in [2.45, 2.75) is 12.5 Å². The maximum atomic E-state index is 11.1. The minimum atomic E-state index is -0.694. The predicted octanol–water partition coefficient (Wildman–Crippen LogP) is -2.38. The highest BCUT2D eigenvalue weighted by atomic mass is 16.2. The van der Waals surface area contributed by atoms with Crippen LogP contribution in [0.1, 0.15) is 6.42 Å². The lowest BCUT2D eigenvalue weighted by atomic mass is 10.2. The van der Waals surface area contributed by atoms with Crippen LogP contribution in [0.5, 0.6) is 0 Å². The standard InChI is InChI=1S/C8H16N4O2/c9-6(8(10)14)4-12-3-1-2-11-7(13)5-12/h6H,1-5,9H2,(H2,10,14)(H,11,13). The number of hydrogen-bond acceptors (Lipinski definition) is 4. The van der Waals surface area contributed by atoms with Crippen LogP contribution in [0.15, 0.2) is 0 Å². The number of nitrogens with two attached hydrogens (primary N) is 2. The van der Waals surface area contributed by atoms with E-state index in [4.69, 9.17) is 11.5 Å². The van der Waals surface area contributed by atoms with Gasteiger partial charge in [-0.05, 0) is 6.42 Å². The second kappa shape index (κ2) is 4.92. The van der Waals surface area contributed by atoms with Gasteiger partial charge in [0.05, 0.1) is 12.6 Å². The van der Waals surface area contributed by atoms with Gasteiger partial charge in [-0.3, -0.25) is 14.5 Å². The van der Waals surface area contributed by atoms with E-state index in [0.29, 0.717) is 19.6 Å². The summed E-state index contributed by atoms with van der Waals surface area (Å²) in [4.78, 5) is 23.7. The number of nitrogens with one attached hydrogen (secondary N) is 1. The lowest BCUT2D eigenvalue weighted by Gasteiger charge is -2.20. The molecule has 0 saturated carbocycles. The molecule has 0 spiro atoms. The SMILES string of the molecule is NC(=O)C(N)CN1CCCNC(=O)C1. The van der Waals surface area contributed by atoms with E-state index in [1.54, 1.807) is 0 Å². The second-order valence-electron chi connectivity index (χ2n) is 3.45. The summed E-state index contributed by atoms with van der Waals surface area (Å²) in [6.07, 6.45) is 0.872. The fraction of sp³-hybridized carbons (Fsp3) is 0.750. The summed E-state index contributed by atoms with van der Waals surface area (Å²) >= 11 is 0. The Hall–Kier alpha value is -1.14. The van der Waals surface area contributed by atoms with Gasteiger partial charge in [0.25, 0.3) is 0 Å². The topological polar surface area (TPSA) is 101 Å². The molecule has 14 heavy (non-hydrogen) atoms. The Balaban J connectivity index is 2.42. The molecule has 6 nitrogen and oxygen atoms in total. The van der Waals surface area contributed by atoms with Crippen LogP contribution in [-0.2, 0) is 9.59 Å². The maximum Gasteiger partial charge on any atom is 0.235 e. The fourth-order valence-electron chi connectivity index (χ4n) is 1.39. The summed E-state index contributed by atoms with van der Waals surface area (Å²) in [5.41, 5.74) is 10.5. The van der Waals surface area contributed by atoms with Crippen LogP contribution in [0.3, 0.4) is 0 Å². The van der Waals surface area contributed by atoms with Crippen LogP contribution in [0.25, 0.3) is 0 Å². The second-order valence-corrected chi connectivity index (χ2v) is 3.45. The van der Waals surface area contributed by atoms with Crippen molar-refractivity contribution in [2.24, 2.45) is 11.5 Å². The minimum Gasteiger partial charge on any atom is -0.368 e. The highest BCUT2D eigenvalue weighted by Gasteiger charge is 2.19. The van der Waals surface area contributed by atoms with E-state index >= 15 is 0 Å². The molecule has 0 aliphatic carbocycles. The minimum absolute atomic E-state index is 0.0285. The van der Waals surface area contributed by atoms with Crippen molar-refractivity contribution in [1.82, 2.24) is 10.2 Å². The Kier molecular flexibility index (Phi) is 3.84. The van der Waals surface area contributed by atoms with Crippen molar-refractivity contribution in [1.29, 1.82) is 0 Å². The third kappa shape index (κ3) is 3.31. The Labute approximate surface area is 82.6 Å². The van der Waals surface area contributed by atoms with Gasteiger partial charge in [-0.1, -0.05) is 0 Å². The molecule has 5 N–H and O–H groups in total. The zero-order chi connectivity index (χ0) is 10.6. The van der Waals surface area contributed by atoms with E-state index < -0.39 is 11.9 Å². The average Bonchev–Trinajstić information content (AvgIpc) is 2.29. The van der Waals surface area contributed by atoms with Crippen LogP contribution < -0.4 is 16.8 Å². The molecule has 1 atom stereocenters. The molecule has 80 valence electrons. The Morgan fingerprint density at radius 3 is 3.00 bits per heavy atom. The first kappa shape index (κ1) is 10.9. The summed E-state index contributed by atoms with van der Waals surface area (Å²) in [6, 6.07) is -0.694. The zero-order valence-electron chi connectivity index (χ0n) is 8.03. The molecule has 1 aliphatic rings. The van der Waals surface area contributed by atoms with Crippen molar-refractivity contribution >= 4 is 11.8 Å². The van der Waals surface area contributed by atoms with Gasteiger partial charge in [0.1, 0.15) is 0 Å². The van der Waals surface area contributed by atoms with Gasteiger partial charge in [-0.15, -0.1) is 0 Å². The van der Waals surface area contributed by atoms with Gasteiger partial charge in [-0.2, -0.15) is 0 Å². The Morgan fingerprint density at radius 1 is 1.64 bits per heavy atom. The molecule has 0 radical (unpaired) electrons. The molecule has 0 aromatic carbocycles. The number of amides is 2. The lowest BCUT2D eigenvalue weighted by molar-refractivity contribution is -0.123. The Bertz CT molecular complexity index is 231. The van der Waals surface area contributed by atoms with Gasteiger partial charge >= 0.3 is 0 Å². The van der Waals surface area contributed by atoms with E-state index in [2.05, 4.69) is 5.32 Å². The fourth-order valence-corrected chi connectivity index (χ4v) is 1.39. The molecule has 1 heterocycles. The third-order valence-electron chi connectivity index (χ3n) is 2.16. The molecular weight excluding hydrogens is 184 g/mol. The molecule has 0 bridgehead atoms. The van der Waals surface area contributed by atoms with Crippen molar-refractivity contribution in [3.8, 4) is 0 Å². The molecule has 1 rings (SSSR count). The van der Waals surface area contributed by atoms with Gasteiger partial charge < -0.3 is 16.8 Å². The summed E-state index contributed by atoms with van der Waals surface area (Å²) in [5.74, 6) is -0.561. The van der Waals surface area contributed by atoms with Gasteiger partial charge in [0, 0.05) is 19.6 Å². The molecule has 1 saturated heterocycles. The van der Waals surface area contributed by atoms with E-state index in [1.807, 2.05) is 4.90 Å². The van der Waals surface area contributed by atoms with Gasteiger partial charge in [-0.25, -0.2) is 0 Å². The molecule has 2 amide bonds. The summed E-state index contributed by atoms with van der Waals surface area (Å²) in [5, 5.41) is 2.74. The number of primary amides is 1. The Morgan fingerprint density at radius 2 is 2.36 bits per heavy atom. The van der Waals surface area contributed by atoms with E-state index in [9.17, 15) is 9.59 Å². The van der Waals surface area contributed by atoms with Crippen LogP contribution in [0, 0.1) is 0 Å². The van der Waals surface area contributed by atoms with E-state index in [0.717, 1.165) is 13.0 Å². The van der Waals surface area contributed by atoms with Crippen molar-refractivity contribution in [3.05, 3.63) is 0 Å². The number of rotatable bonds is 3. The number of carbonyl (C=O) groups is 2. The molecule has 1 aliphatic heterocycles. The first-order valence-electron chi connectivity index (χ1n) is 4.63. The van der Waals surface area contributed by atoms with Crippen molar-refractivity contribution in [2.75, 3.05) is 26.2 Å². The number of carbonyl (C=O) groups excluding carboxylic acids is 2. The smallest absolute Gasteiger partial charge is 0.235 e. The van der Waals surface area contributed by atoms with Gasteiger partial charge in [0.2, 0.25) is 11.8 Å². The number of nitrogens with zero attached hydrogens (tertiary/aromatic N) is 1. The van der Waals surface area contributed by atoms with Crippen LogP contribution in [0.4, 0.5) is 0 Å². The zero-order valence-corrected chi connectivity index (χ0v) is 8.03. The summed E-state index contributed by atoms with van der Waals surface area (Å²) in [6.45, 7) is 2.09. The van der Waals surface area contributed by atoms with E-state index in [1.165, 1.54) is 0 Å². The average molecular weight is 200 g/mol. The molecule has 0 aromatic heterocycles. The normalized spacial score (nSPS) is 21.1. The molecule has 1 unspecified atom stereocenters. The number of hydrogen-bond donors (Lipinski definition) is 3. The molecule has 0 aromatic rings. The predicted molar refractivity (Wildman–Crippen MR) is 51.2 cm³/mol. The van der Waals surface area contributed by atoms with Crippen molar-refractivity contribution < 1.29 is 9.59 Å². The van der Waals surface area contributed by atoms with Crippen LogP contribution in [0.2, 0.25) is 0 Å². The monoisotopic (exact) mass is 200 g/mol. The summed E-state index contributed by atoms with van der Waals surface area (Å²) < 4.78 is 0. The quantitative estimate of drug-likeness (QED) is 0.473. The first-order chi connectivity index (χ1) is 6.59. The molecule has 1 fully saturated rings. The molecule has 6 heteroatoms. The maximum absolute atomic E-state index is 11.1. The highest BCUT2D eigenvalue weighted by Crippen LogP contribution is 1.96. The van der Waals surface area contributed by atoms with Gasteiger partial charge in [0.15, 0.2) is 0 Å². The summed E-state index contributed by atoms with van der Waals surface area (Å²) in [7, 11) is 0. The lowest BCUT2D eigenvalue weighted by Crippen LogP contribution is -2.47. The van der Waals surface area contributed by atoms with Crippen LogP contribution in [-0.4, -0.2) is 48.9 Å². The largest absolute Gasteiger partial charge is 0.368 e. The third-order valence-corrected chi connectivity index (χ3v) is 2.16. The van der Waals surface area contributed by atoms with E-state index in [-0.39, 0.29) is 5.91 Å². The van der Waals surface area contributed by atoms with Crippen molar-refractivity contribution in [3.63, 3.8) is 0 Å². The first-order valence-corrected chi connectivity index (χ1v) is 4.63. The van der Waals surface area contributed by atoms with Crippen LogP contribution >= 0.6 is 0 Å². The highest BCUT2D eigenvalue weighted by molar-refractivity contribution is 5.80. The molecular formula is C8H16N4O2.